The molecule has 0 fully saturated rings. The van der Waals surface area contributed by atoms with Crippen LogP contribution < -0.4 is 4.74 Å². The summed E-state index contributed by atoms with van der Waals surface area (Å²) in [4.78, 5) is 11.3. The van der Waals surface area contributed by atoms with E-state index in [4.69, 9.17) is 4.74 Å². The molecule has 0 radical (unpaired) electrons. The van der Waals surface area contributed by atoms with E-state index in [1.807, 2.05) is 18.4 Å². The van der Waals surface area contributed by atoms with Crippen molar-refractivity contribution in [2.45, 2.75) is 32.1 Å². The average molecular weight is 475 g/mol. The molecule has 4 rings (SSSR count). The van der Waals surface area contributed by atoms with Crippen molar-refractivity contribution < 1.29 is 23.4 Å². The minimum atomic E-state index is -1.02. The molecule has 0 bridgehead atoms. The van der Waals surface area contributed by atoms with Gasteiger partial charge in [-0.2, -0.15) is 5.26 Å². The minimum absolute atomic E-state index is 0.173. The Hall–Kier alpha value is -4.18. The van der Waals surface area contributed by atoms with E-state index in [0.717, 1.165) is 16.8 Å². The lowest BCUT2D eigenvalue weighted by molar-refractivity contribution is 0.0697. The smallest absolute Gasteiger partial charge is 0.335 e. The molecule has 5 nitrogen and oxygen atoms in total. The van der Waals surface area contributed by atoms with Crippen molar-refractivity contribution >= 4 is 16.9 Å². The number of rotatable bonds is 7. The van der Waals surface area contributed by atoms with Crippen LogP contribution in [0.2, 0.25) is 0 Å². The van der Waals surface area contributed by atoms with Crippen LogP contribution in [0.5, 0.6) is 5.75 Å². The summed E-state index contributed by atoms with van der Waals surface area (Å²) in [6.07, 6.45) is 0.567. The van der Waals surface area contributed by atoms with Crippen LogP contribution in [0.15, 0.2) is 60.7 Å². The highest BCUT2D eigenvalue weighted by Crippen LogP contribution is 2.43. The second kappa shape index (κ2) is 9.22. The molecule has 0 saturated heterocycles. The third-order valence-electron chi connectivity index (χ3n) is 6.15. The number of methoxy groups -OCH3 is 1. The monoisotopic (exact) mass is 474 g/mol. The van der Waals surface area contributed by atoms with Crippen LogP contribution in [0.25, 0.3) is 16.6 Å². The summed E-state index contributed by atoms with van der Waals surface area (Å²) >= 11 is 0. The largest absolute Gasteiger partial charge is 0.496 e. The molecule has 0 unspecified atom stereocenters. The van der Waals surface area contributed by atoms with Crippen LogP contribution in [-0.4, -0.2) is 22.8 Å². The van der Waals surface area contributed by atoms with Gasteiger partial charge in [0.2, 0.25) is 0 Å². The van der Waals surface area contributed by atoms with Gasteiger partial charge in [0.1, 0.15) is 17.4 Å². The third kappa shape index (κ3) is 4.47. The number of carboxylic acid groups (broad SMARTS) is 1. The fraction of sp³-hybridized carbons (Fsp3) is 0.214. The molecule has 7 heteroatoms. The molecule has 35 heavy (non-hydrogen) atoms. The molecule has 0 aliphatic rings. The standard InChI is InChI=1S/C28H24F2N2O3/c1-28(2,12-13-31)26-22(14-17-4-6-18(7-5-17)27(33)34)25-23(15-20(30)16-24(25)35-3)32(26)21-10-8-19(29)9-11-21/h4-11,15-16H,12,14H2,1-3H3,(H,33,34). The first-order chi connectivity index (χ1) is 16.7. The van der Waals surface area contributed by atoms with Crippen molar-refractivity contribution in [3.63, 3.8) is 0 Å². The maximum atomic E-state index is 14.7. The van der Waals surface area contributed by atoms with E-state index in [1.165, 1.54) is 43.5 Å². The van der Waals surface area contributed by atoms with E-state index >= 15 is 0 Å². The zero-order chi connectivity index (χ0) is 25.3. The molecule has 4 aromatic rings. The third-order valence-corrected chi connectivity index (χ3v) is 6.15. The van der Waals surface area contributed by atoms with Crippen molar-refractivity contribution in [2.24, 2.45) is 0 Å². The number of nitriles is 1. The number of carboxylic acids is 1. The Morgan fingerprint density at radius 2 is 1.71 bits per heavy atom. The minimum Gasteiger partial charge on any atom is -0.496 e. The van der Waals surface area contributed by atoms with Crippen LogP contribution in [0, 0.1) is 23.0 Å². The zero-order valence-electron chi connectivity index (χ0n) is 19.6. The SMILES string of the molecule is COc1cc(F)cc2c1c(Cc1ccc(C(=O)O)cc1)c(C(C)(C)CC#N)n2-c1ccc(F)cc1. The van der Waals surface area contributed by atoms with E-state index < -0.39 is 23.0 Å². The number of halogens is 2. The first kappa shape index (κ1) is 24.0. The molecule has 0 spiro atoms. The molecular weight excluding hydrogens is 450 g/mol. The Labute approximate surface area is 201 Å². The molecule has 1 aromatic heterocycles. The van der Waals surface area contributed by atoms with Gasteiger partial charge < -0.3 is 14.4 Å². The van der Waals surface area contributed by atoms with Crippen LogP contribution in [-0.2, 0) is 11.8 Å². The van der Waals surface area contributed by atoms with Gasteiger partial charge in [-0.15, -0.1) is 0 Å². The number of nitrogens with zero attached hydrogens (tertiary/aromatic N) is 2. The predicted molar refractivity (Wildman–Crippen MR) is 129 cm³/mol. The van der Waals surface area contributed by atoms with Crippen LogP contribution in [0.1, 0.15) is 47.4 Å². The van der Waals surface area contributed by atoms with Gasteiger partial charge in [-0.25, -0.2) is 13.6 Å². The summed E-state index contributed by atoms with van der Waals surface area (Å²) < 4.78 is 35.9. The van der Waals surface area contributed by atoms with Gasteiger partial charge in [0, 0.05) is 41.1 Å². The van der Waals surface area contributed by atoms with Gasteiger partial charge in [0.05, 0.1) is 24.3 Å². The van der Waals surface area contributed by atoms with Gasteiger partial charge >= 0.3 is 5.97 Å². The summed E-state index contributed by atoms with van der Waals surface area (Å²) in [6.45, 7) is 3.87. The fourth-order valence-electron chi connectivity index (χ4n) is 4.57. The molecule has 0 aliphatic heterocycles. The highest BCUT2D eigenvalue weighted by Gasteiger charge is 2.32. The van der Waals surface area contributed by atoms with E-state index in [1.54, 1.807) is 24.3 Å². The van der Waals surface area contributed by atoms with Gasteiger partial charge in [-0.3, -0.25) is 0 Å². The van der Waals surface area contributed by atoms with Crippen LogP contribution >= 0.6 is 0 Å². The van der Waals surface area contributed by atoms with Crippen LogP contribution in [0.3, 0.4) is 0 Å². The van der Waals surface area contributed by atoms with Gasteiger partial charge in [0.15, 0.2) is 0 Å². The summed E-state index contributed by atoms with van der Waals surface area (Å²) in [5, 5.41) is 19.5. The number of carbonyl (C=O) groups is 1. The molecule has 178 valence electrons. The second-order valence-electron chi connectivity index (χ2n) is 9.04. The maximum absolute atomic E-state index is 14.7. The topological polar surface area (TPSA) is 75.2 Å². The quantitative estimate of drug-likeness (QED) is 0.336. The Morgan fingerprint density at radius 3 is 2.29 bits per heavy atom. The molecule has 1 heterocycles. The van der Waals surface area contributed by atoms with Crippen molar-refractivity contribution in [3.8, 4) is 17.5 Å². The van der Waals surface area contributed by atoms with Gasteiger partial charge in [-0.1, -0.05) is 26.0 Å². The number of ether oxygens (including phenoxy) is 1. The van der Waals surface area contributed by atoms with E-state index in [9.17, 15) is 23.9 Å². The molecule has 1 N–H and O–H groups in total. The Bertz CT molecular complexity index is 1450. The Kier molecular flexibility index (Phi) is 6.31. The summed E-state index contributed by atoms with van der Waals surface area (Å²) in [5.41, 5.74) is 3.10. The van der Waals surface area contributed by atoms with Crippen molar-refractivity contribution in [1.29, 1.82) is 5.26 Å². The fourth-order valence-corrected chi connectivity index (χ4v) is 4.57. The number of aromatic carboxylic acids is 1. The normalized spacial score (nSPS) is 11.4. The highest BCUT2D eigenvalue weighted by molar-refractivity contribution is 5.94. The lowest BCUT2D eigenvalue weighted by atomic mass is 9.82. The van der Waals surface area contributed by atoms with Gasteiger partial charge in [0.25, 0.3) is 0 Å². The number of hydrogen-bond acceptors (Lipinski definition) is 3. The van der Waals surface area contributed by atoms with E-state index in [-0.39, 0.29) is 12.0 Å². The summed E-state index contributed by atoms with van der Waals surface area (Å²) in [7, 11) is 1.47. The Balaban J connectivity index is 2.09. The number of aromatic nitrogens is 1. The van der Waals surface area contributed by atoms with Crippen molar-refractivity contribution in [3.05, 3.63) is 94.7 Å². The van der Waals surface area contributed by atoms with E-state index in [2.05, 4.69) is 6.07 Å². The summed E-state index contributed by atoms with van der Waals surface area (Å²) in [5.74, 6) is -1.56. The first-order valence-electron chi connectivity index (χ1n) is 11.0. The molecular formula is C28H24F2N2O3. The second-order valence-corrected chi connectivity index (χ2v) is 9.04. The number of hydrogen-bond donors (Lipinski definition) is 1. The zero-order valence-corrected chi connectivity index (χ0v) is 19.6. The lowest BCUT2D eigenvalue weighted by Gasteiger charge is -2.26. The maximum Gasteiger partial charge on any atom is 0.335 e. The molecule has 0 amide bonds. The van der Waals surface area contributed by atoms with Crippen molar-refractivity contribution in [2.75, 3.05) is 7.11 Å². The lowest BCUT2D eigenvalue weighted by Crippen LogP contribution is -2.22. The van der Waals surface area contributed by atoms with Crippen LogP contribution in [0.4, 0.5) is 8.78 Å². The number of fused-ring (bicyclic) bond motifs is 1. The summed E-state index contributed by atoms with van der Waals surface area (Å²) in [6, 6.07) is 17.4. The van der Waals surface area contributed by atoms with Gasteiger partial charge in [-0.05, 0) is 53.6 Å². The predicted octanol–water partition coefficient (Wildman–Crippen LogP) is 6.40. The molecule has 0 atom stereocenters. The highest BCUT2D eigenvalue weighted by atomic mass is 19.1. The number of benzene rings is 3. The average Bonchev–Trinajstić information content (AvgIpc) is 3.14. The van der Waals surface area contributed by atoms with E-state index in [0.29, 0.717) is 28.8 Å². The Morgan fingerprint density at radius 1 is 1.06 bits per heavy atom. The van der Waals surface area contributed by atoms with Crippen molar-refractivity contribution in [1.82, 2.24) is 4.57 Å². The molecule has 0 saturated carbocycles. The molecule has 0 aliphatic carbocycles. The first-order valence-corrected chi connectivity index (χ1v) is 11.0. The molecule has 3 aromatic carbocycles.